The highest BCUT2D eigenvalue weighted by Gasteiger charge is 2.32. The number of hydrogen-bond acceptors (Lipinski definition) is 4. The van der Waals surface area contributed by atoms with Gasteiger partial charge >= 0.3 is 0 Å². The van der Waals surface area contributed by atoms with E-state index in [1.54, 1.807) is 6.08 Å². The smallest absolute Gasteiger partial charge is 0.235 e. The number of para-hydroxylation sites is 1. The number of allylic oxidation sites excluding steroid dienone is 1. The number of ether oxygens (including phenoxy) is 1. The van der Waals surface area contributed by atoms with E-state index in [1.165, 1.54) is 6.07 Å². The quantitative estimate of drug-likeness (QED) is 0.306. The van der Waals surface area contributed by atoms with Gasteiger partial charge in [0.2, 0.25) is 5.78 Å². The van der Waals surface area contributed by atoms with Gasteiger partial charge in [0, 0.05) is 35.1 Å². The van der Waals surface area contributed by atoms with Crippen LogP contribution in [0.3, 0.4) is 0 Å². The highest BCUT2D eigenvalue weighted by molar-refractivity contribution is 6.17. The van der Waals surface area contributed by atoms with Crippen LogP contribution in [0.4, 0.5) is 0 Å². The first kappa shape index (κ1) is 20.8. The maximum absolute atomic E-state index is 13.2. The van der Waals surface area contributed by atoms with Gasteiger partial charge in [-0.05, 0) is 23.3 Å². The predicted octanol–water partition coefficient (Wildman–Crippen LogP) is 6.38. The Morgan fingerprint density at radius 1 is 0.829 bits per heavy atom. The van der Waals surface area contributed by atoms with E-state index in [0.717, 1.165) is 39.4 Å². The van der Waals surface area contributed by atoms with Crippen LogP contribution in [0.5, 0.6) is 17.2 Å². The molecule has 1 aromatic heterocycles. The molecule has 0 amide bonds. The Hall–Kier alpha value is -4.77. The average molecular weight is 460 g/mol. The number of carbonyl (C=O) groups is 1. The first-order valence-corrected chi connectivity index (χ1v) is 11.3. The maximum atomic E-state index is 13.2. The van der Waals surface area contributed by atoms with Gasteiger partial charge in [-0.1, -0.05) is 78.9 Å². The number of Topliss-reactive ketones (excluding diaryl/α,β-unsaturated/α-hetero) is 1. The maximum Gasteiger partial charge on any atom is 0.235 e. The predicted molar refractivity (Wildman–Crippen MR) is 136 cm³/mol. The van der Waals surface area contributed by atoms with Crippen LogP contribution in [0.15, 0.2) is 103 Å². The van der Waals surface area contributed by atoms with Crippen LogP contribution in [0.2, 0.25) is 0 Å². The van der Waals surface area contributed by atoms with Crippen molar-refractivity contribution in [2.45, 2.75) is 6.54 Å². The van der Waals surface area contributed by atoms with Crippen LogP contribution in [-0.2, 0) is 6.54 Å². The lowest BCUT2D eigenvalue weighted by Gasteiger charge is -2.12. The number of aromatic hydroxyl groups is 2. The fraction of sp³-hybridized carbons (Fsp3) is 0.0333. The fourth-order valence-electron chi connectivity index (χ4n) is 4.72. The number of fused-ring (bicyclic) bond motifs is 2. The summed E-state index contributed by atoms with van der Waals surface area (Å²) in [7, 11) is 0. The lowest BCUT2D eigenvalue weighted by Crippen LogP contribution is -2.03. The second kappa shape index (κ2) is 8.22. The van der Waals surface area contributed by atoms with E-state index >= 15 is 0 Å². The molecule has 0 atom stereocenters. The summed E-state index contributed by atoms with van der Waals surface area (Å²) in [5, 5.41) is 21.1. The van der Waals surface area contributed by atoms with Crippen molar-refractivity contribution in [3.05, 3.63) is 120 Å². The van der Waals surface area contributed by atoms with Crippen molar-refractivity contribution in [2.24, 2.45) is 0 Å². The number of rotatable bonds is 4. The standard InChI is InChI=1S/C30H21NO4/c32-21-15-25(33)28-26(16-21)35-27(30(28)34)17-23-22-13-7-8-14-24(22)31(18-19-9-3-1-4-10-19)29(23)20-11-5-2-6-12-20/h1-17,32-33H,18H2/b27-17-. The highest BCUT2D eigenvalue weighted by Crippen LogP contribution is 2.42. The molecule has 2 N–H and O–H groups in total. The van der Waals surface area contributed by atoms with Gasteiger partial charge in [-0.25, -0.2) is 0 Å². The van der Waals surface area contributed by atoms with Gasteiger partial charge < -0.3 is 19.5 Å². The first-order valence-electron chi connectivity index (χ1n) is 11.3. The average Bonchev–Trinajstić information content (AvgIpc) is 3.35. The molecule has 35 heavy (non-hydrogen) atoms. The van der Waals surface area contributed by atoms with E-state index in [0.29, 0.717) is 6.54 Å². The number of ketones is 1. The van der Waals surface area contributed by atoms with Crippen LogP contribution in [0.25, 0.3) is 28.2 Å². The molecule has 4 aromatic carbocycles. The molecule has 0 saturated carbocycles. The van der Waals surface area contributed by atoms with Gasteiger partial charge in [-0.2, -0.15) is 0 Å². The van der Waals surface area contributed by atoms with E-state index in [2.05, 4.69) is 22.8 Å². The van der Waals surface area contributed by atoms with Crippen molar-refractivity contribution in [3.63, 3.8) is 0 Å². The Bertz CT molecular complexity index is 1620. The van der Waals surface area contributed by atoms with Crippen LogP contribution in [0.1, 0.15) is 21.5 Å². The summed E-state index contributed by atoms with van der Waals surface area (Å²) >= 11 is 0. The summed E-state index contributed by atoms with van der Waals surface area (Å²) in [6, 6.07) is 30.9. The summed E-state index contributed by atoms with van der Waals surface area (Å²) in [5.41, 5.74) is 5.07. The molecule has 0 radical (unpaired) electrons. The first-order chi connectivity index (χ1) is 17.1. The van der Waals surface area contributed by atoms with Crippen molar-refractivity contribution < 1.29 is 19.7 Å². The summed E-state index contributed by atoms with van der Waals surface area (Å²) in [6.45, 7) is 0.651. The SMILES string of the molecule is O=C1/C(=C/c2c(-c3ccccc3)n(Cc3ccccc3)c3ccccc23)Oc2cc(O)cc(O)c21. The van der Waals surface area contributed by atoms with Crippen LogP contribution < -0.4 is 4.74 Å². The molecule has 0 aliphatic carbocycles. The topological polar surface area (TPSA) is 71.7 Å². The Balaban J connectivity index is 1.59. The van der Waals surface area contributed by atoms with Gasteiger partial charge in [0.1, 0.15) is 22.8 Å². The number of hydrogen-bond donors (Lipinski definition) is 2. The zero-order valence-electron chi connectivity index (χ0n) is 18.7. The molecule has 6 rings (SSSR count). The van der Waals surface area contributed by atoms with Gasteiger partial charge in [0.25, 0.3) is 0 Å². The third-order valence-corrected chi connectivity index (χ3v) is 6.25. The Labute approximate surface area is 201 Å². The van der Waals surface area contributed by atoms with E-state index in [4.69, 9.17) is 4.74 Å². The number of benzene rings is 4. The summed E-state index contributed by atoms with van der Waals surface area (Å²) < 4.78 is 8.09. The second-order valence-corrected chi connectivity index (χ2v) is 8.50. The largest absolute Gasteiger partial charge is 0.508 e. The van der Waals surface area contributed by atoms with Gasteiger partial charge in [-0.15, -0.1) is 0 Å². The van der Waals surface area contributed by atoms with Crippen molar-refractivity contribution in [1.29, 1.82) is 0 Å². The summed E-state index contributed by atoms with van der Waals surface area (Å²) in [4.78, 5) is 13.2. The minimum absolute atomic E-state index is 0.0586. The number of carbonyl (C=O) groups excluding carboxylic acids is 1. The Kier molecular flexibility index (Phi) is 4.89. The minimum Gasteiger partial charge on any atom is -0.508 e. The van der Waals surface area contributed by atoms with Crippen LogP contribution in [0, 0.1) is 0 Å². The molecule has 170 valence electrons. The zero-order chi connectivity index (χ0) is 23.9. The van der Waals surface area contributed by atoms with E-state index in [1.807, 2.05) is 66.7 Å². The number of aromatic nitrogens is 1. The molecule has 0 bridgehead atoms. The minimum atomic E-state index is -0.420. The molecule has 0 spiro atoms. The molecule has 0 saturated heterocycles. The highest BCUT2D eigenvalue weighted by atomic mass is 16.5. The monoisotopic (exact) mass is 459 g/mol. The molecule has 1 aliphatic heterocycles. The Morgan fingerprint density at radius 3 is 2.29 bits per heavy atom. The lowest BCUT2D eigenvalue weighted by molar-refractivity contribution is 0.101. The van der Waals surface area contributed by atoms with Crippen molar-refractivity contribution in [2.75, 3.05) is 0 Å². The molecular weight excluding hydrogens is 438 g/mol. The van der Waals surface area contributed by atoms with Crippen molar-refractivity contribution in [1.82, 2.24) is 4.57 Å². The molecule has 5 heteroatoms. The van der Waals surface area contributed by atoms with E-state index < -0.39 is 5.78 Å². The number of phenols is 2. The van der Waals surface area contributed by atoms with Crippen molar-refractivity contribution in [3.8, 4) is 28.5 Å². The zero-order valence-corrected chi connectivity index (χ0v) is 18.7. The second-order valence-electron chi connectivity index (χ2n) is 8.50. The fourth-order valence-corrected chi connectivity index (χ4v) is 4.72. The molecule has 2 heterocycles. The van der Waals surface area contributed by atoms with Gasteiger partial charge in [0.05, 0.1) is 5.69 Å². The number of phenolic OH excluding ortho intramolecular Hbond substituents is 2. The van der Waals surface area contributed by atoms with Gasteiger partial charge in [-0.3, -0.25) is 4.79 Å². The molecule has 5 nitrogen and oxygen atoms in total. The molecule has 5 aromatic rings. The van der Waals surface area contributed by atoms with Crippen molar-refractivity contribution >= 4 is 22.8 Å². The molecule has 1 aliphatic rings. The molecule has 0 unspecified atom stereocenters. The van der Waals surface area contributed by atoms with Crippen LogP contribution in [-0.4, -0.2) is 20.6 Å². The summed E-state index contributed by atoms with van der Waals surface area (Å²) in [5.74, 6) is -0.645. The molecule has 0 fully saturated rings. The third kappa shape index (κ3) is 3.54. The molecular formula is C30H21NO4. The van der Waals surface area contributed by atoms with Gasteiger partial charge in [0.15, 0.2) is 5.76 Å². The number of nitrogens with zero attached hydrogens (tertiary/aromatic N) is 1. The summed E-state index contributed by atoms with van der Waals surface area (Å²) in [6.07, 6.45) is 1.74. The van der Waals surface area contributed by atoms with Crippen LogP contribution >= 0.6 is 0 Å². The lowest BCUT2D eigenvalue weighted by atomic mass is 10.0. The van der Waals surface area contributed by atoms with E-state index in [-0.39, 0.29) is 28.6 Å². The third-order valence-electron chi connectivity index (χ3n) is 6.25. The normalized spacial score (nSPS) is 13.8. The van der Waals surface area contributed by atoms with E-state index in [9.17, 15) is 15.0 Å². The Morgan fingerprint density at radius 2 is 1.51 bits per heavy atom.